The quantitative estimate of drug-likeness (QED) is 0.788. The standard InChI is InChI=1S/C20H25N5O2/c1-13-14(2)21-12-22-20(13)25-9-18(10-25)24(4)11-19(27)23-17-7-5-16(6-8-17)15(3)26/h5-8,12,18H,9-11H2,1-4H3,(H,23,27). The third-order valence-corrected chi connectivity index (χ3v) is 5.06. The molecule has 0 unspecified atom stereocenters. The zero-order chi connectivity index (χ0) is 19.6. The number of nitrogens with one attached hydrogen (secondary N) is 1. The van der Waals surface area contributed by atoms with Gasteiger partial charge in [0.05, 0.1) is 6.54 Å². The van der Waals surface area contributed by atoms with Crippen LogP contribution in [0.1, 0.15) is 28.5 Å². The fourth-order valence-corrected chi connectivity index (χ4v) is 3.10. The first-order chi connectivity index (χ1) is 12.8. The lowest BCUT2D eigenvalue weighted by Crippen LogP contribution is -2.60. The molecule has 1 N–H and O–H groups in total. The van der Waals surface area contributed by atoms with Crippen molar-refractivity contribution in [2.75, 3.05) is 36.9 Å². The summed E-state index contributed by atoms with van der Waals surface area (Å²) in [6.07, 6.45) is 1.60. The van der Waals surface area contributed by atoms with E-state index in [0.717, 1.165) is 30.2 Å². The minimum Gasteiger partial charge on any atom is -0.353 e. The van der Waals surface area contributed by atoms with E-state index in [9.17, 15) is 9.59 Å². The Morgan fingerprint density at radius 3 is 2.48 bits per heavy atom. The average Bonchev–Trinajstić information content (AvgIpc) is 2.57. The number of hydrogen-bond acceptors (Lipinski definition) is 6. The highest BCUT2D eigenvalue weighted by Crippen LogP contribution is 2.25. The van der Waals surface area contributed by atoms with E-state index in [-0.39, 0.29) is 11.7 Å². The molecule has 2 aromatic rings. The molecule has 1 aromatic carbocycles. The van der Waals surface area contributed by atoms with E-state index in [1.54, 1.807) is 30.6 Å². The summed E-state index contributed by atoms with van der Waals surface area (Å²) >= 11 is 0. The van der Waals surface area contributed by atoms with Crippen LogP contribution in [0.4, 0.5) is 11.5 Å². The van der Waals surface area contributed by atoms with Gasteiger partial charge < -0.3 is 10.2 Å². The Bertz CT molecular complexity index is 844. The summed E-state index contributed by atoms with van der Waals surface area (Å²) in [4.78, 5) is 36.4. The maximum Gasteiger partial charge on any atom is 0.238 e. The van der Waals surface area contributed by atoms with Gasteiger partial charge in [-0.15, -0.1) is 0 Å². The number of aromatic nitrogens is 2. The molecule has 0 spiro atoms. The molecule has 0 aliphatic carbocycles. The molecule has 1 saturated heterocycles. The number of anilines is 2. The third kappa shape index (κ3) is 4.31. The summed E-state index contributed by atoms with van der Waals surface area (Å²) in [5, 5.41) is 2.88. The number of Topliss-reactive ketones (excluding diaryl/α,β-unsaturated/α-hetero) is 1. The van der Waals surface area contributed by atoms with Gasteiger partial charge >= 0.3 is 0 Å². The van der Waals surface area contributed by atoms with E-state index in [2.05, 4.69) is 25.1 Å². The van der Waals surface area contributed by atoms with Gasteiger partial charge in [-0.1, -0.05) is 0 Å². The Balaban J connectivity index is 1.49. The van der Waals surface area contributed by atoms with Crippen LogP contribution in [0.3, 0.4) is 0 Å². The Kier molecular flexibility index (Phi) is 5.51. The lowest BCUT2D eigenvalue weighted by atomic mass is 10.1. The molecule has 27 heavy (non-hydrogen) atoms. The van der Waals surface area contributed by atoms with E-state index >= 15 is 0 Å². The van der Waals surface area contributed by atoms with Gasteiger partial charge in [0.2, 0.25) is 5.91 Å². The first-order valence-corrected chi connectivity index (χ1v) is 8.99. The molecule has 1 aromatic heterocycles. The summed E-state index contributed by atoms with van der Waals surface area (Å²) in [6.45, 7) is 7.54. The van der Waals surface area contributed by atoms with Crippen LogP contribution < -0.4 is 10.2 Å². The number of aryl methyl sites for hydroxylation is 1. The van der Waals surface area contributed by atoms with Crippen LogP contribution in [0.15, 0.2) is 30.6 Å². The zero-order valence-corrected chi connectivity index (χ0v) is 16.2. The smallest absolute Gasteiger partial charge is 0.238 e. The number of hydrogen-bond donors (Lipinski definition) is 1. The monoisotopic (exact) mass is 367 g/mol. The van der Waals surface area contributed by atoms with Gasteiger partial charge in [-0.2, -0.15) is 0 Å². The summed E-state index contributed by atoms with van der Waals surface area (Å²) in [5.41, 5.74) is 3.42. The lowest BCUT2D eigenvalue weighted by Gasteiger charge is -2.45. The van der Waals surface area contributed by atoms with Crippen LogP contribution in [0, 0.1) is 13.8 Å². The summed E-state index contributed by atoms with van der Waals surface area (Å²) in [5.74, 6) is 0.916. The van der Waals surface area contributed by atoms with E-state index in [0.29, 0.717) is 23.8 Å². The van der Waals surface area contributed by atoms with Crippen LogP contribution in [-0.4, -0.2) is 59.3 Å². The van der Waals surface area contributed by atoms with E-state index in [1.807, 2.05) is 20.9 Å². The second kappa shape index (κ2) is 7.84. The van der Waals surface area contributed by atoms with Gasteiger partial charge in [-0.3, -0.25) is 14.5 Å². The number of rotatable bonds is 6. The number of ketones is 1. The molecular weight excluding hydrogens is 342 g/mol. The number of likely N-dealkylation sites (N-methyl/N-ethyl adjacent to an activating group) is 1. The minimum atomic E-state index is -0.0689. The van der Waals surface area contributed by atoms with E-state index in [1.165, 1.54) is 6.92 Å². The number of nitrogens with zero attached hydrogens (tertiary/aromatic N) is 4. The lowest BCUT2D eigenvalue weighted by molar-refractivity contribution is -0.117. The normalized spacial score (nSPS) is 14.2. The molecule has 0 saturated carbocycles. The number of carbonyl (C=O) groups excluding carboxylic acids is 2. The van der Waals surface area contributed by atoms with Crippen LogP contribution in [0.5, 0.6) is 0 Å². The average molecular weight is 367 g/mol. The van der Waals surface area contributed by atoms with Crippen molar-refractivity contribution in [3.05, 3.63) is 47.4 Å². The molecule has 7 nitrogen and oxygen atoms in total. The summed E-state index contributed by atoms with van der Waals surface area (Å²) in [7, 11) is 1.96. The van der Waals surface area contributed by atoms with Gasteiger partial charge in [0.15, 0.2) is 5.78 Å². The predicted molar refractivity (Wildman–Crippen MR) is 105 cm³/mol. The molecule has 0 radical (unpaired) electrons. The van der Waals surface area contributed by atoms with Crippen LogP contribution in [0.2, 0.25) is 0 Å². The molecule has 0 bridgehead atoms. The first-order valence-electron chi connectivity index (χ1n) is 8.99. The van der Waals surface area contributed by atoms with Gasteiger partial charge in [-0.25, -0.2) is 9.97 Å². The van der Waals surface area contributed by atoms with Gasteiger partial charge in [-0.05, 0) is 52.1 Å². The summed E-state index contributed by atoms with van der Waals surface area (Å²) < 4.78 is 0. The highest BCUT2D eigenvalue weighted by atomic mass is 16.2. The number of benzene rings is 1. The molecule has 7 heteroatoms. The molecule has 1 amide bonds. The van der Waals surface area contributed by atoms with Crippen molar-refractivity contribution in [1.82, 2.24) is 14.9 Å². The SMILES string of the molecule is CC(=O)c1ccc(NC(=O)CN(C)C2CN(c3ncnc(C)c3C)C2)cc1. The number of amides is 1. The van der Waals surface area contributed by atoms with Crippen LogP contribution in [0.25, 0.3) is 0 Å². The molecule has 1 aliphatic rings. The fourth-order valence-electron chi connectivity index (χ4n) is 3.10. The van der Waals surface area contributed by atoms with Crippen LogP contribution >= 0.6 is 0 Å². The van der Waals surface area contributed by atoms with Crippen molar-refractivity contribution in [2.45, 2.75) is 26.8 Å². The van der Waals surface area contributed by atoms with Crippen molar-refractivity contribution in [3.63, 3.8) is 0 Å². The fraction of sp³-hybridized carbons (Fsp3) is 0.400. The van der Waals surface area contributed by atoms with Crippen molar-refractivity contribution in [3.8, 4) is 0 Å². The van der Waals surface area contributed by atoms with Gasteiger partial charge in [0.25, 0.3) is 0 Å². The third-order valence-electron chi connectivity index (χ3n) is 5.06. The topological polar surface area (TPSA) is 78.4 Å². The van der Waals surface area contributed by atoms with Gasteiger partial charge in [0, 0.05) is 41.6 Å². The molecule has 1 aliphatic heterocycles. The second-order valence-electron chi connectivity index (χ2n) is 7.06. The van der Waals surface area contributed by atoms with Crippen molar-refractivity contribution in [1.29, 1.82) is 0 Å². The molecule has 3 rings (SSSR count). The number of carbonyl (C=O) groups is 2. The summed E-state index contributed by atoms with van der Waals surface area (Å²) in [6, 6.07) is 7.25. The Morgan fingerprint density at radius 2 is 1.85 bits per heavy atom. The molecule has 142 valence electrons. The van der Waals surface area contributed by atoms with Crippen molar-refractivity contribution < 1.29 is 9.59 Å². The second-order valence-corrected chi connectivity index (χ2v) is 7.06. The largest absolute Gasteiger partial charge is 0.353 e. The van der Waals surface area contributed by atoms with Crippen molar-refractivity contribution >= 4 is 23.2 Å². The first kappa shape index (κ1) is 19.0. The van der Waals surface area contributed by atoms with E-state index < -0.39 is 0 Å². The predicted octanol–water partition coefficient (Wildman–Crippen LogP) is 2.06. The molecule has 0 atom stereocenters. The maximum absolute atomic E-state index is 12.3. The highest BCUT2D eigenvalue weighted by Gasteiger charge is 2.32. The Hall–Kier alpha value is -2.80. The highest BCUT2D eigenvalue weighted by molar-refractivity contribution is 5.96. The van der Waals surface area contributed by atoms with Crippen LogP contribution in [-0.2, 0) is 4.79 Å². The zero-order valence-electron chi connectivity index (χ0n) is 16.2. The Labute approximate surface area is 159 Å². The maximum atomic E-state index is 12.3. The molecule has 1 fully saturated rings. The van der Waals surface area contributed by atoms with E-state index in [4.69, 9.17) is 0 Å². The van der Waals surface area contributed by atoms with Gasteiger partial charge in [0.1, 0.15) is 12.1 Å². The van der Waals surface area contributed by atoms with Crippen molar-refractivity contribution in [2.24, 2.45) is 0 Å². The Morgan fingerprint density at radius 1 is 1.19 bits per heavy atom. The molecular formula is C20H25N5O2. The molecule has 2 heterocycles. The minimum absolute atomic E-state index is 0.0104.